The van der Waals surface area contributed by atoms with Crippen LogP contribution in [0.4, 0.5) is 0 Å². The Morgan fingerprint density at radius 2 is 2.12 bits per heavy atom. The average Bonchev–Trinajstić information content (AvgIpc) is 2.28. The highest BCUT2D eigenvalue weighted by atomic mass is 32.2. The molecule has 4 nitrogen and oxygen atoms in total. The molecule has 0 spiro atoms. The molecule has 1 amide bonds. The van der Waals surface area contributed by atoms with Gasteiger partial charge in [0, 0.05) is 23.1 Å². The average molecular weight is 255 g/mol. The maximum Gasteiger partial charge on any atom is 0.232 e. The number of aryl methyl sites for hydroxylation is 1. The molecule has 1 rings (SSSR count). The molecular weight excluding hydrogens is 238 g/mol. The SMILES string of the molecule is Cc1ccccc1CNC(=O)CS(=O)CCO. The van der Waals surface area contributed by atoms with Gasteiger partial charge in [0.05, 0.1) is 6.61 Å². The van der Waals surface area contributed by atoms with E-state index in [9.17, 15) is 9.00 Å². The minimum absolute atomic E-state index is 0.0492. The second-order valence-electron chi connectivity index (χ2n) is 3.72. The van der Waals surface area contributed by atoms with E-state index in [0.717, 1.165) is 11.1 Å². The lowest BCUT2D eigenvalue weighted by atomic mass is 10.1. The van der Waals surface area contributed by atoms with Crippen LogP contribution in [0.2, 0.25) is 0 Å². The minimum atomic E-state index is -1.28. The first-order valence-corrected chi connectivity index (χ1v) is 6.89. The Bertz CT molecular complexity index is 406. The highest BCUT2D eigenvalue weighted by Crippen LogP contribution is 2.05. The number of hydrogen-bond acceptors (Lipinski definition) is 3. The fraction of sp³-hybridized carbons (Fsp3) is 0.417. The molecule has 0 heterocycles. The molecule has 0 aliphatic carbocycles. The third-order valence-corrected chi connectivity index (χ3v) is 3.57. The third-order valence-electron chi connectivity index (χ3n) is 2.35. The van der Waals surface area contributed by atoms with Crippen molar-refractivity contribution in [2.45, 2.75) is 13.5 Å². The molecule has 1 atom stereocenters. The van der Waals surface area contributed by atoms with Crippen molar-refractivity contribution in [1.82, 2.24) is 5.32 Å². The van der Waals surface area contributed by atoms with Gasteiger partial charge in [-0.2, -0.15) is 0 Å². The number of nitrogens with one attached hydrogen (secondary N) is 1. The van der Waals surface area contributed by atoms with E-state index in [1.54, 1.807) is 0 Å². The van der Waals surface area contributed by atoms with Crippen molar-refractivity contribution in [3.05, 3.63) is 35.4 Å². The number of amides is 1. The van der Waals surface area contributed by atoms with E-state index in [0.29, 0.717) is 6.54 Å². The van der Waals surface area contributed by atoms with Gasteiger partial charge >= 0.3 is 0 Å². The van der Waals surface area contributed by atoms with E-state index < -0.39 is 10.8 Å². The van der Waals surface area contributed by atoms with Gasteiger partial charge in [0.1, 0.15) is 5.75 Å². The standard InChI is InChI=1S/C12H17NO3S/c1-10-4-2-3-5-11(10)8-13-12(15)9-17(16)7-6-14/h2-5,14H,6-9H2,1H3,(H,13,15). The molecule has 0 radical (unpaired) electrons. The lowest BCUT2D eigenvalue weighted by Crippen LogP contribution is -2.29. The lowest BCUT2D eigenvalue weighted by molar-refractivity contribution is -0.118. The smallest absolute Gasteiger partial charge is 0.232 e. The molecule has 2 N–H and O–H groups in total. The molecule has 0 saturated carbocycles. The first-order chi connectivity index (χ1) is 8.13. The highest BCUT2D eigenvalue weighted by Gasteiger charge is 2.07. The van der Waals surface area contributed by atoms with E-state index in [1.165, 1.54) is 0 Å². The lowest BCUT2D eigenvalue weighted by Gasteiger charge is -2.07. The summed E-state index contributed by atoms with van der Waals surface area (Å²) in [5, 5.41) is 11.3. The summed E-state index contributed by atoms with van der Waals surface area (Å²) >= 11 is 0. The molecule has 0 fully saturated rings. The zero-order valence-electron chi connectivity index (χ0n) is 9.81. The van der Waals surface area contributed by atoms with Crippen LogP contribution in [0, 0.1) is 6.92 Å². The van der Waals surface area contributed by atoms with Gasteiger partial charge < -0.3 is 10.4 Å². The highest BCUT2D eigenvalue weighted by molar-refractivity contribution is 7.85. The van der Waals surface area contributed by atoms with Crippen LogP contribution in [-0.2, 0) is 22.1 Å². The minimum Gasteiger partial charge on any atom is -0.395 e. The van der Waals surface area contributed by atoms with Crippen molar-refractivity contribution >= 4 is 16.7 Å². The number of benzene rings is 1. The number of hydrogen-bond donors (Lipinski definition) is 2. The van der Waals surface area contributed by atoms with Gasteiger partial charge in [0.25, 0.3) is 0 Å². The number of aliphatic hydroxyl groups is 1. The summed E-state index contributed by atoms with van der Waals surface area (Å²) in [6.45, 7) is 2.27. The Hall–Kier alpha value is -1.20. The van der Waals surface area contributed by atoms with Crippen molar-refractivity contribution in [3.63, 3.8) is 0 Å². The zero-order valence-corrected chi connectivity index (χ0v) is 10.6. The molecule has 17 heavy (non-hydrogen) atoms. The van der Waals surface area contributed by atoms with Gasteiger partial charge in [-0.3, -0.25) is 9.00 Å². The predicted octanol–water partition coefficient (Wildman–Crippen LogP) is 0.352. The van der Waals surface area contributed by atoms with Crippen molar-refractivity contribution in [2.24, 2.45) is 0 Å². The van der Waals surface area contributed by atoms with Gasteiger partial charge in [0.15, 0.2) is 0 Å². The monoisotopic (exact) mass is 255 g/mol. The second-order valence-corrected chi connectivity index (χ2v) is 5.29. The van der Waals surface area contributed by atoms with Crippen LogP contribution in [0.25, 0.3) is 0 Å². The first kappa shape index (κ1) is 13.9. The zero-order chi connectivity index (χ0) is 12.7. The molecule has 1 aromatic rings. The molecular formula is C12H17NO3S. The van der Waals surface area contributed by atoms with E-state index in [2.05, 4.69) is 5.32 Å². The van der Waals surface area contributed by atoms with Gasteiger partial charge in [-0.25, -0.2) is 0 Å². The van der Waals surface area contributed by atoms with E-state index >= 15 is 0 Å². The van der Waals surface area contributed by atoms with Crippen LogP contribution >= 0.6 is 0 Å². The van der Waals surface area contributed by atoms with Crippen molar-refractivity contribution in [1.29, 1.82) is 0 Å². The predicted molar refractivity (Wildman–Crippen MR) is 68.0 cm³/mol. The number of carbonyl (C=O) groups excluding carboxylic acids is 1. The van der Waals surface area contributed by atoms with Crippen LogP contribution < -0.4 is 5.32 Å². The largest absolute Gasteiger partial charge is 0.395 e. The maximum absolute atomic E-state index is 11.4. The Morgan fingerprint density at radius 1 is 1.41 bits per heavy atom. The fourth-order valence-electron chi connectivity index (χ4n) is 1.37. The van der Waals surface area contributed by atoms with Crippen molar-refractivity contribution in [3.8, 4) is 0 Å². The summed E-state index contributed by atoms with van der Waals surface area (Å²) < 4.78 is 11.2. The molecule has 0 aliphatic rings. The molecule has 0 bridgehead atoms. The number of rotatable bonds is 6. The topological polar surface area (TPSA) is 66.4 Å². The second kappa shape index (κ2) is 7.19. The fourth-order valence-corrected chi connectivity index (χ4v) is 2.12. The maximum atomic E-state index is 11.4. The Kier molecular flexibility index (Phi) is 5.86. The molecule has 0 aromatic heterocycles. The molecule has 1 unspecified atom stereocenters. The normalized spacial score (nSPS) is 12.1. The summed E-state index contributed by atoms with van der Waals surface area (Å²) in [6, 6.07) is 7.78. The first-order valence-electron chi connectivity index (χ1n) is 5.40. The summed E-state index contributed by atoms with van der Waals surface area (Å²) in [6.07, 6.45) is 0. The van der Waals surface area contributed by atoms with Gasteiger partial charge in [0.2, 0.25) is 5.91 Å². The van der Waals surface area contributed by atoms with Crippen LogP contribution in [0.15, 0.2) is 24.3 Å². The molecule has 5 heteroatoms. The Morgan fingerprint density at radius 3 is 2.76 bits per heavy atom. The van der Waals surface area contributed by atoms with E-state index in [1.807, 2.05) is 31.2 Å². The molecule has 0 saturated heterocycles. The summed E-state index contributed by atoms with van der Waals surface area (Å²) in [5.74, 6) is -0.149. The third kappa shape index (κ3) is 5.10. The number of aliphatic hydroxyl groups excluding tert-OH is 1. The quantitative estimate of drug-likeness (QED) is 0.771. The number of carbonyl (C=O) groups is 1. The Labute approximate surface area is 104 Å². The molecule has 1 aromatic carbocycles. The Balaban J connectivity index is 2.38. The van der Waals surface area contributed by atoms with E-state index in [4.69, 9.17) is 5.11 Å². The van der Waals surface area contributed by atoms with Gasteiger partial charge in [-0.1, -0.05) is 24.3 Å². The summed E-state index contributed by atoms with van der Waals surface area (Å²) in [4.78, 5) is 11.4. The van der Waals surface area contributed by atoms with E-state index in [-0.39, 0.29) is 24.0 Å². The summed E-state index contributed by atoms with van der Waals surface area (Å²) in [7, 11) is -1.28. The van der Waals surface area contributed by atoms with Gasteiger partial charge in [-0.15, -0.1) is 0 Å². The van der Waals surface area contributed by atoms with Gasteiger partial charge in [-0.05, 0) is 18.1 Å². The molecule has 0 aliphatic heterocycles. The summed E-state index contributed by atoms with van der Waals surface area (Å²) in [5.41, 5.74) is 2.16. The van der Waals surface area contributed by atoms with Crippen molar-refractivity contribution in [2.75, 3.05) is 18.1 Å². The molecule has 94 valence electrons. The van der Waals surface area contributed by atoms with Crippen molar-refractivity contribution < 1.29 is 14.1 Å². The van der Waals surface area contributed by atoms with Crippen LogP contribution in [-0.4, -0.2) is 33.3 Å². The van der Waals surface area contributed by atoms with Crippen LogP contribution in [0.5, 0.6) is 0 Å². The van der Waals surface area contributed by atoms with Crippen LogP contribution in [0.1, 0.15) is 11.1 Å². The van der Waals surface area contributed by atoms with Crippen LogP contribution in [0.3, 0.4) is 0 Å².